The minimum atomic E-state index is -0.483. The van der Waals surface area contributed by atoms with Crippen LogP contribution in [0.2, 0.25) is 0 Å². The lowest BCUT2D eigenvalue weighted by Crippen LogP contribution is -2.02. The molecule has 2 aromatic carbocycles. The summed E-state index contributed by atoms with van der Waals surface area (Å²) in [5, 5.41) is 20.6. The fraction of sp³-hybridized carbons (Fsp3) is 0.125. The lowest BCUT2D eigenvalue weighted by molar-refractivity contribution is 0.413. The van der Waals surface area contributed by atoms with Gasteiger partial charge in [0.1, 0.15) is 17.6 Å². The van der Waals surface area contributed by atoms with E-state index in [1.807, 2.05) is 12.1 Å². The smallest absolute Gasteiger partial charge is 0.147 e. The Hall–Kier alpha value is -3.05. The van der Waals surface area contributed by atoms with Crippen molar-refractivity contribution in [1.29, 1.82) is 10.5 Å². The molecule has 0 radical (unpaired) electrons. The summed E-state index contributed by atoms with van der Waals surface area (Å²) in [6, 6.07) is 13.4. The molecule has 0 unspecified atom stereocenters. The van der Waals surface area contributed by atoms with E-state index in [-0.39, 0.29) is 5.56 Å². The Bertz CT molecular complexity index is 744. The number of anilines is 1. The topological polar surface area (TPSA) is 68.8 Å². The second-order valence-electron chi connectivity index (χ2n) is 4.31. The summed E-state index contributed by atoms with van der Waals surface area (Å²) in [6.07, 6.45) is 0. The van der Waals surface area contributed by atoms with Crippen molar-refractivity contribution in [2.45, 2.75) is 6.54 Å². The van der Waals surface area contributed by atoms with Crippen molar-refractivity contribution in [3.05, 3.63) is 58.9 Å². The van der Waals surface area contributed by atoms with Crippen LogP contribution >= 0.6 is 0 Å². The number of nitriles is 2. The van der Waals surface area contributed by atoms with Crippen LogP contribution in [0, 0.1) is 28.5 Å². The molecular weight excluding hydrogens is 269 g/mol. The third-order valence-corrected chi connectivity index (χ3v) is 2.97. The zero-order valence-corrected chi connectivity index (χ0v) is 11.4. The highest BCUT2D eigenvalue weighted by Gasteiger charge is 2.06. The zero-order valence-electron chi connectivity index (χ0n) is 11.4. The Labute approximate surface area is 122 Å². The molecule has 0 saturated heterocycles. The summed E-state index contributed by atoms with van der Waals surface area (Å²) in [5.74, 6) is 0.0221. The molecule has 104 valence electrons. The molecule has 0 heterocycles. The number of benzene rings is 2. The molecule has 2 rings (SSSR count). The van der Waals surface area contributed by atoms with Crippen LogP contribution in [-0.4, -0.2) is 7.11 Å². The van der Waals surface area contributed by atoms with Gasteiger partial charge in [0.15, 0.2) is 0 Å². The van der Waals surface area contributed by atoms with E-state index in [9.17, 15) is 4.39 Å². The Kier molecular flexibility index (Phi) is 4.38. The van der Waals surface area contributed by atoms with Crippen LogP contribution in [0.15, 0.2) is 36.4 Å². The number of halogens is 1. The van der Waals surface area contributed by atoms with Gasteiger partial charge in [0, 0.05) is 6.54 Å². The first-order valence-corrected chi connectivity index (χ1v) is 6.18. The summed E-state index contributed by atoms with van der Waals surface area (Å²) >= 11 is 0. The van der Waals surface area contributed by atoms with Gasteiger partial charge < -0.3 is 10.1 Å². The van der Waals surface area contributed by atoms with E-state index >= 15 is 0 Å². The number of rotatable bonds is 4. The standard InChI is InChI=1S/C16H12FN3O/c1-21-16-5-3-12(6-13(16)9-19)10-20-15-4-2-11(8-18)7-14(15)17/h2-7,20H,10H2,1H3. The monoisotopic (exact) mass is 281 g/mol. The quantitative estimate of drug-likeness (QED) is 0.934. The fourth-order valence-electron chi connectivity index (χ4n) is 1.88. The van der Waals surface area contributed by atoms with Crippen LogP contribution in [0.4, 0.5) is 10.1 Å². The van der Waals surface area contributed by atoms with E-state index in [2.05, 4.69) is 5.32 Å². The molecule has 0 bridgehead atoms. The molecule has 21 heavy (non-hydrogen) atoms. The highest BCUT2D eigenvalue weighted by atomic mass is 19.1. The molecule has 0 atom stereocenters. The van der Waals surface area contributed by atoms with Crippen molar-refractivity contribution in [2.24, 2.45) is 0 Å². The van der Waals surface area contributed by atoms with Gasteiger partial charge in [0.2, 0.25) is 0 Å². The highest BCUT2D eigenvalue weighted by Crippen LogP contribution is 2.20. The van der Waals surface area contributed by atoms with Gasteiger partial charge in [-0.3, -0.25) is 0 Å². The highest BCUT2D eigenvalue weighted by molar-refractivity contribution is 5.50. The minimum absolute atomic E-state index is 0.272. The van der Waals surface area contributed by atoms with Crippen molar-refractivity contribution < 1.29 is 9.13 Å². The van der Waals surface area contributed by atoms with E-state index in [4.69, 9.17) is 15.3 Å². The van der Waals surface area contributed by atoms with Crippen molar-refractivity contribution in [3.63, 3.8) is 0 Å². The summed E-state index contributed by atoms with van der Waals surface area (Å²) in [4.78, 5) is 0. The van der Waals surface area contributed by atoms with Crippen molar-refractivity contribution >= 4 is 5.69 Å². The SMILES string of the molecule is COc1ccc(CNc2ccc(C#N)cc2F)cc1C#N. The first kappa shape index (κ1) is 14.4. The summed E-state index contributed by atoms with van der Waals surface area (Å²) in [7, 11) is 1.50. The van der Waals surface area contributed by atoms with Crippen LogP contribution in [0.1, 0.15) is 16.7 Å². The molecule has 0 saturated carbocycles. The Morgan fingerprint density at radius 2 is 1.95 bits per heavy atom. The Morgan fingerprint density at radius 1 is 1.14 bits per heavy atom. The van der Waals surface area contributed by atoms with Crippen molar-refractivity contribution in [3.8, 4) is 17.9 Å². The van der Waals surface area contributed by atoms with Crippen LogP contribution < -0.4 is 10.1 Å². The molecule has 0 amide bonds. The molecule has 0 fully saturated rings. The second-order valence-corrected chi connectivity index (χ2v) is 4.31. The van der Waals surface area contributed by atoms with Crippen LogP contribution in [-0.2, 0) is 6.54 Å². The van der Waals surface area contributed by atoms with Gasteiger partial charge in [-0.2, -0.15) is 10.5 Å². The van der Waals surface area contributed by atoms with Gasteiger partial charge in [-0.25, -0.2) is 4.39 Å². The Morgan fingerprint density at radius 3 is 2.57 bits per heavy atom. The van der Waals surface area contributed by atoms with Crippen molar-refractivity contribution in [1.82, 2.24) is 0 Å². The Balaban J connectivity index is 2.14. The van der Waals surface area contributed by atoms with Crippen LogP contribution in [0.5, 0.6) is 5.75 Å². The van der Waals surface area contributed by atoms with Crippen molar-refractivity contribution in [2.75, 3.05) is 12.4 Å². The summed E-state index contributed by atoms with van der Waals surface area (Å²) in [5.41, 5.74) is 1.84. The molecule has 0 aliphatic carbocycles. The van der Waals surface area contributed by atoms with Gasteiger partial charge in [-0.05, 0) is 35.9 Å². The third-order valence-electron chi connectivity index (χ3n) is 2.97. The van der Waals surface area contributed by atoms with Gasteiger partial charge in [0.05, 0.1) is 30.0 Å². The number of hydrogen-bond donors (Lipinski definition) is 1. The predicted octanol–water partition coefficient (Wildman–Crippen LogP) is 3.19. The van der Waals surface area contributed by atoms with E-state index < -0.39 is 5.82 Å². The largest absolute Gasteiger partial charge is 0.495 e. The maximum absolute atomic E-state index is 13.7. The minimum Gasteiger partial charge on any atom is -0.495 e. The van der Waals surface area contributed by atoms with Gasteiger partial charge in [0.25, 0.3) is 0 Å². The van der Waals surface area contributed by atoms with Gasteiger partial charge in [-0.15, -0.1) is 0 Å². The van der Waals surface area contributed by atoms with Gasteiger partial charge in [-0.1, -0.05) is 6.07 Å². The lowest BCUT2D eigenvalue weighted by atomic mass is 10.1. The molecule has 2 aromatic rings. The number of methoxy groups -OCH3 is 1. The first-order chi connectivity index (χ1) is 10.2. The normalized spacial score (nSPS) is 9.52. The fourth-order valence-corrected chi connectivity index (χ4v) is 1.88. The maximum atomic E-state index is 13.7. The average molecular weight is 281 g/mol. The number of ether oxygens (including phenoxy) is 1. The molecule has 0 aliphatic rings. The predicted molar refractivity (Wildman–Crippen MR) is 76.2 cm³/mol. The maximum Gasteiger partial charge on any atom is 0.147 e. The second kappa shape index (κ2) is 6.40. The number of hydrogen-bond acceptors (Lipinski definition) is 4. The van der Waals surface area contributed by atoms with Gasteiger partial charge >= 0.3 is 0 Å². The van der Waals surface area contributed by atoms with E-state index in [1.54, 1.807) is 24.3 Å². The summed E-state index contributed by atoms with van der Waals surface area (Å²) < 4.78 is 18.8. The molecule has 0 aromatic heterocycles. The van der Waals surface area contributed by atoms with E-state index in [1.165, 1.54) is 19.2 Å². The van der Waals surface area contributed by atoms with E-state index in [0.29, 0.717) is 23.5 Å². The molecule has 0 spiro atoms. The molecule has 4 nitrogen and oxygen atoms in total. The molecule has 5 heteroatoms. The third kappa shape index (κ3) is 3.29. The van der Waals surface area contributed by atoms with E-state index in [0.717, 1.165) is 5.56 Å². The van der Waals surface area contributed by atoms with Crippen LogP contribution in [0.25, 0.3) is 0 Å². The first-order valence-electron chi connectivity index (χ1n) is 6.18. The number of nitrogens with one attached hydrogen (secondary N) is 1. The lowest BCUT2D eigenvalue weighted by Gasteiger charge is -2.09. The molecular formula is C16H12FN3O. The average Bonchev–Trinajstić information content (AvgIpc) is 2.53. The number of nitrogens with zero attached hydrogens (tertiary/aromatic N) is 2. The molecule has 0 aliphatic heterocycles. The zero-order chi connectivity index (χ0) is 15.2. The summed E-state index contributed by atoms with van der Waals surface area (Å²) in [6.45, 7) is 0.363. The molecule has 1 N–H and O–H groups in total. The van der Waals surface area contributed by atoms with Crippen LogP contribution in [0.3, 0.4) is 0 Å².